The summed E-state index contributed by atoms with van der Waals surface area (Å²) in [6, 6.07) is 3.48. The van der Waals surface area contributed by atoms with Crippen molar-refractivity contribution in [1.82, 2.24) is 5.32 Å². The van der Waals surface area contributed by atoms with E-state index in [9.17, 15) is 9.90 Å². The van der Waals surface area contributed by atoms with Crippen molar-refractivity contribution < 1.29 is 19.4 Å². The average molecular weight is 331 g/mol. The van der Waals surface area contributed by atoms with Crippen LogP contribution in [0.25, 0.3) is 0 Å². The zero-order valence-corrected chi connectivity index (χ0v) is 13.8. The lowest BCUT2D eigenvalue weighted by Crippen LogP contribution is -2.30. The second kappa shape index (κ2) is 8.82. The predicted octanol–water partition coefficient (Wildman–Crippen LogP) is 1.32. The van der Waals surface area contributed by atoms with Crippen LogP contribution in [0.3, 0.4) is 0 Å². The molecule has 0 bridgehead atoms. The monoisotopic (exact) mass is 330 g/mol. The van der Waals surface area contributed by atoms with Crippen LogP contribution in [0.15, 0.2) is 12.1 Å². The highest BCUT2D eigenvalue weighted by Gasteiger charge is 2.14. The van der Waals surface area contributed by atoms with E-state index in [0.29, 0.717) is 23.9 Å². The molecule has 0 aliphatic rings. The molecule has 0 spiro atoms. The molecular formula is C15H23ClN2O4. The van der Waals surface area contributed by atoms with Gasteiger partial charge >= 0.3 is 0 Å². The smallest absolute Gasteiger partial charge is 0.255 e. The van der Waals surface area contributed by atoms with Crippen LogP contribution in [0.5, 0.6) is 11.5 Å². The lowest BCUT2D eigenvalue weighted by atomic mass is 10.1. The number of aliphatic hydroxyl groups excluding tert-OH is 1. The zero-order chi connectivity index (χ0) is 16.7. The molecule has 0 fully saturated rings. The first-order valence-corrected chi connectivity index (χ1v) is 7.39. The van der Waals surface area contributed by atoms with E-state index in [2.05, 4.69) is 5.32 Å². The molecule has 0 heterocycles. The molecule has 6 nitrogen and oxygen atoms in total. The molecule has 1 atom stereocenters. The molecule has 1 aromatic rings. The fraction of sp³-hybridized carbons (Fsp3) is 0.533. The van der Waals surface area contributed by atoms with Gasteiger partial charge in [-0.25, -0.2) is 0 Å². The molecule has 1 amide bonds. The molecule has 0 saturated heterocycles. The predicted molar refractivity (Wildman–Crippen MR) is 85.2 cm³/mol. The normalized spacial score (nSPS) is 12.3. The number of nitrogens with two attached hydrogens (primary N) is 1. The van der Waals surface area contributed by atoms with Crippen LogP contribution < -0.4 is 20.5 Å². The first-order chi connectivity index (χ1) is 10.3. The zero-order valence-electron chi connectivity index (χ0n) is 13.1. The maximum atomic E-state index is 10.8. The minimum Gasteiger partial charge on any atom is -0.493 e. The Bertz CT molecular complexity index is 509. The summed E-state index contributed by atoms with van der Waals surface area (Å²) < 4.78 is 10.5. The first kappa shape index (κ1) is 18.5. The van der Waals surface area contributed by atoms with E-state index in [1.807, 2.05) is 13.8 Å². The molecular weight excluding hydrogens is 308 g/mol. The largest absolute Gasteiger partial charge is 0.493 e. The number of amides is 1. The minimum atomic E-state index is -0.591. The lowest BCUT2D eigenvalue weighted by molar-refractivity contribution is -0.119. The summed E-state index contributed by atoms with van der Waals surface area (Å²) >= 11 is 6.15. The number of ether oxygens (including phenoxy) is 2. The SMILES string of the molecule is COc1cc(CNCC(O)C(C)C)cc(Cl)c1OCC(N)=O. The summed E-state index contributed by atoms with van der Waals surface area (Å²) in [4.78, 5) is 10.8. The van der Waals surface area contributed by atoms with Gasteiger partial charge in [-0.1, -0.05) is 25.4 Å². The van der Waals surface area contributed by atoms with Crippen molar-refractivity contribution in [1.29, 1.82) is 0 Å². The third-order valence-electron chi connectivity index (χ3n) is 3.10. The van der Waals surface area contributed by atoms with Gasteiger partial charge in [-0.15, -0.1) is 0 Å². The molecule has 7 heteroatoms. The summed E-state index contributed by atoms with van der Waals surface area (Å²) in [5.41, 5.74) is 5.93. The van der Waals surface area contributed by atoms with Crippen molar-refractivity contribution in [3.8, 4) is 11.5 Å². The number of aliphatic hydroxyl groups is 1. The van der Waals surface area contributed by atoms with Gasteiger partial charge in [0.1, 0.15) is 0 Å². The fourth-order valence-corrected chi connectivity index (χ4v) is 2.05. The quantitative estimate of drug-likeness (QED) is 0.635. The second-order valence-electron chi connectivity index (χ2n) is 5.31. The highest BCUT2D eigenvalue weighted by Crippen LogP contribution is 2.36. The third-order valence-corrected chi connectivity index (χ3v) is 3.38. The third kappa shape index (κ3) is 5.71. The molecule has 0 radical (unpaired) electrons. The molecule has 22 heavy (non-hydrogen) atoms. The van der Waals surface area contributed by atoms with E-state index in [1.54, 1.807) is 12.1 Å². The highest BCUT2D eigenvalue weighted by molar-refractivity contribution is 6.32. The molecule has 1 unspecified atom stereocenters. The number of halogens is 1. The van der Waals surface area contributed by atoms with Gasteiger partial charge in [0.15, 0.2) is 18.1 Å². The number of methoxy groups -OCH3 is 1. The van der Waals surface area contributed by atoms with Crippen molar-refractivity contribution in [3.63, 3.8) is 0 Å². The van der Waals surface area contributed by atoms with Crippen molar-refractivity contribution in [2.45, 2.75) is 26.5 Å². The van der Waals surface area contributed by atoms with Gasteiger partial charge in [0.2, 0.25) is 0 Å². The van der Waals surface area contributed by atoms with Gasteiger partial charge in [0, 0.05) is 13.1 Å². The number of carbonyl (C=O) groups excluding carboxylic acids is 1. The van der Waals surface area contributed by atoms with Crippen molar-refractivity contribution in [3.05, 3.63) is 22.7 Å². The average Bonchev–Trinajstić information content (AvgIpc) is 2.45. The number of carbonyl (C=O) groups is 1. The molecule has 0 aliphatic heterocycles. The molecule has 0 saturated carbocycles. The van der Waals surface area contributed by atoms with E-state index < -0.39 is 12.0 Å². The van der Waals surface area contributed by atoms with Crippen LogP contribution in [0.1, 0.15) is 19.4 Å². The highest BCUT2D eigenvalue weighted by atomic mass is 35.5. The van der Waals surface area contributed by atoms with Gasteiger partial charge < -0.3 is 25.6 Å². The van der Waals surface area contributed by atoms with Crippen LogP contribution in [-0.2, 0) is 11.3 Å². The minimum absolute atomic E-state index is 0.190. The van der Waals surface area contributed by atoms with E-state index in [4.69, 9.17) is 26.8 Å². The lowest BCUT2D eigenvalue weighted by Gasteiger charge is -2.16. The van der Waals surface area contributed by atoms with Crippen LogP contribution in [0.2, 0.25) is 5.02 Å². The Balaban J connectivity index is 2.73. The van der Waals surface area contributed by atoms with Gasteiger partial charge in [-0.3, -0.25) is 4.79 Å². The fourth-order valence-electron chi connectivity index (χ4n) is 1.76. The van der Waals surface area contributed by atoms with Crippen LogP contribution in [-0.4, -0.2) is 37.4 Å². The molecule has 1 rings (SSSR count). The van der Waals surface area contributed by atoms with E-state index in [0.717, 1.165) is 5.56 Å². The molecule has 0 aliphatic carbocycles. The van der Waals surface area contributed by atoms with Gasteiger partial charge in [0.25, 0.3) is 5.91 Å². The Morgan fingerprint density at radius 2 is 2.14 bits per heavy atom. The number of nitrogens with one attached hydrogen (secondary N) is 1. The van der Waals surface area contributed by atoms with Crippen LogP contribution in [0.4, 0.5) is 0 Å². The first-order valence-electron chi connectivity index (χ1n) is 7.01. The van der Waals surface area contributed by atoms with Crippen molar-refractivity contribution in [2.75, 3.05) is 20.3 Å². The Labute approximate surface area is 135 Å². The molecule has 124 valence electrons. The van der Waals surface area contributed by atoms with E-state index in [1.165, 1.54) is 7.11 Å². The Morgan fingerprint density at radius 3 is 2.68 bits per heavy atom. The topological polar surface area (TPSA) is 93.8 Å². The number of primary amides is 1. The maximum absolute atomic E-state index is 10.8. The van der Waals surface area contributed by atoms with Crippen LogP contribution in [0, 0.1) is 5.92 Å². The Hall–Kier alpha value is -1.50. The van der Waals surface area contributed by atoms with Gasteiger partial charge in [-0.05, 0) is 23.6 Å². The van der Waals surface area contributed by atoms with Gasteiger partial charge in [0.05, 0.1) is 18.2 Å². The number of benzene rings is 1. The molecule has 1 aromatic carbocycles. The van der Waals surface area contributed by atoms with E-state index >= 15 is 0 Å². The summed E-state index contributed by atoms with van der Waals surface area (Å²) in [5.74, 6) is 0.311. The van der Waals surface area contributed by atoms with Crippen molar-refractivity contribution >= 4 is 17.5 Å². The van der Waals surface area contributed by atoms with Crippen LogP contribution >= 0.6 is 11.6 Å². The second-order valence-corrected chi connectivity index (χ2v) is 5.71. The number of hydrogen-bond donors (Lipinski definition) is 3. The molecule has 0 aromatic heterocycles. The standard InChI is InChI=1S/C15H23ClN2O4/c1-9(2)12(19)7-18-6-10-4-11(16)15(13(5-10)21-3)22-8-14(17)20/h4-5,9,12,18-19H,6-8H2,1-3H3,(H2,17,20). The Kier molecular flexibility index (Phi) is 7.44. The van der Waals surface area contributed by atoms with Gasteiger partial charge in [-0.2, -0.15) is 0 Å². The number of hydrogen-bond acceptors (Lipinski definition) is 5. The number of rotatable bonds is 9. The Morgan fingerprint density at radius 1 is 1.45 bits per heavy atom. The summed E-state index contributed by atoms with van der Waals surface area (Å²) in [6.07, 6.45) is -0.407. The van der Waals surface area contributed by atoms with Crippen molar-refractivity contribution in [2.24, 2.45) is 11.7 Å². The maximum Gasteiger partial charge on any atom is 0.255 e. The van der Waals surface area contributed by atoms with E-state index in [-0.39, 0.29) is 18.3 Å². The summed E-state index contributed by atoms with van der Waals surface area (Å²) in [5, 5.41) is 13.2. The molecule has 4 N–H and O–H groups in total. The summed E-state index contributed by atoms with van der Waals surface area (Å²) in [6.45, 7) is 4.65. The summed E-state index contributed by atoms with van der Waals surface area (Å²) in [7, 11) is 1.49.